The van der Waals surface area contributed by atoms with Crippen molar-refractivity contribution in [3.8, 4) is 11.1 Å². The Bertz CT molecular complexity index is 1800. The van der Waals surface area contributed by atoms with Gasteiger partial charge in [-0.3, -0.25) is 34.3 Å². The first-order chi connectivity index (χ1) is 22.7. The number of aliphatic hydroxyl groups is 1. The number of pyridine rings is 1. The second kappa shape index (κ2) is 13.8. The van der Waals surface area contributed by atoms with Gasteiger partial charge in [0.2, 0.25) is 0 Å². The number of rotatable bonds is 10. The Labute approximate surface area is 272 Å². The number of carbonyl (C=O) groups excluding carboxylic acids is 2. The molecule has 2 aromatic heterocycles. The minimum absolute atomic E-state index is 0.163. The van der Waals surface area contributed by atoms with Gasteiger partial charge in [-0.2, -0.15) is 5.10 Å². The van der Waals surface area contributed by atoms with Crippen LogP contribution in [0, 0.1) is 13.8 Å². The lowest BCUT2D eigenvalue weighted by Gasteiger charge is -2.23. The van der Waals surface area contributed by atoms with Crippen molar-refractivity contribution in [3.63, 3.8) is 0 Å². The molecule has 4 heterocycles. The van der Waals surface area contributed by atoms with E-state index in [1.807, 2.05) is 56.3 Å². The molecule has 1 fully saturated rings. The van der Waals surface area contributed by atoms with Crippen molar-refractivity contribution in [2.75, 3.05) is 30.3 Å². The number of hydrogen-bond acceptors (Lipinski definition) is 8. The van der Waals surface area contributed by atoms with Crippen molar-refractivity contribution in [3.05, 3.63) is 94.6 Å². The fourth-order valence-electron chi connectivity index (χ4n) is 6.38. The van der Waals surface area contributed by atoms with Crippen LogP contribution >= 0.6 is 0 Å². The molecule has 2 aliphatic rings. The van der Waals surface area contributed by atoms with Crippen molar-refractivity contribution in [1.82, 2.24) is 25.0 Å². The molecule has 47 heavy (non-hydrogen) atoms. The molecule has 1 saturated heterocycles. The number of nitrogens with one attached hydrogen (secondary N) is 3. The van der Waals surface area contributed by atoms with Crippen molar-refractivity contribution in [2.24, 2.45) is 0 Å². The number of aliphatic carboxylic acids is 1. The third-order valence-corrected chi connectivity index (χ3v) is 8.93. The van der Waals surface area contributed by atoms with Gasteiger partial charge in [0.05, 0.1) is 18.3 Å². The number of carboxylic acids is 1. The number of likely N-dealkylation sites (tertiary alicyclic amines) is 1. The lowest BCUT2D eigenvalue weighted by molar-refractivity contribution is -0.136. The molecule has 6 rings (SSSR count). The van der Waals surface area contributed by atoms with Crippen LogP contribution in [0.2, 0.25) is 0 Å². The lowest BCUT2D eigenvalue weighted by atomic mass is 9.94. The van der Waals surface area contributed by atoms with Crippen LogP contribution in [0.25, 0.3) is 11.1 Å². The Morgan fingerprint density at radius 2 is 1.57 bits per heavy atom. The first kappa shape index (κ1) is 32.0. The average Bonchev–Trinajstić information content (AvgIpc) is 3.68. The van der Waals surface area contributed by atoms with Crippen LogP contribution in [-0.2, 0) is 17.9 Å². The van der Waals surface area contributed by atoms with E-state index in [0.717, 1.165) is 59.3 Å². The summed E-state index contributed by atoms with van der Waals surface area (Å²) in [6.07, 6.45) is 3.80. The molecule has 0 spiro atoms. The van der Waals surface area contributed by atoms with Crippen LogP contribution < -0.4 is 16.0 Å². The van der Waals surface area contributed by atoms with E-state index in [1.54, 1.807) is 23.0 Å². The monoisotopic (exact) mass is 637 g/mol. The van der Waals surface area contributed by atoms with E-state index in [2.05, 4.69) is 30.9 Å². The number of hydrogen-bond donors (Lipinski definition) is 5. The number of carboxylic acid groups (broad SMARTS) is 1. The Balaban J connectivity index is 1.15. The molecule has 0 aliphatic carbocycles. The number of aromatic nitrogens is 3. The van der Waals surface area contributed by atoms with E-state index in [0.29, 0.717) is 36.7 Å². The molecule has 2 aromatic carbocycles. The van der Waals surface area contributed by atoms with Gasteiger partial charge in [0.25, 0.3) is 11.8 Å². The summed E-state index contributed by atoms with van der Waals surface area (Å²) in [5.74, 6) is -1.59. The molecular formula is C35H39N7O5. The predicted octanol–water partition coefficient (Wildman–Crippen LogP) is 4.14. The third kappa shape index (κ3) is 7.25. The number of amides is 2. The van der Waals surface area contributed by atoms with Gasteiger partial charge in [-0.25, -0.2) is 0 Å². The van der Waals surface area contributed by atoms with E-state index in [9.17, 15) is 19.5 Å². The lowest BCUT2D eigenvalue weighted by Crippen LogP contribution is -2.31. The van der Waals surface area contributed by atoms with Crippen LogP contribution in [0.4, 0.5) is 11.4 Å². The van der Waals surface area contributed by atoms with E-state index in [4.69, 9.17) is 5.11 Å². The van der Waals surface area contributed by atoms with Crippen molar-refractivity contribution in [1.29, 1.82) is 0 Å². The number of aryl methyl sites for hydroxylation is 1. The third-order valence-electron chi connectivity index (χ3n) is 8.93. The molecule has 1 unspecified atom stereocenters. The Morgan fingerprint density at radius 3 is 2.17 bits per heavy atom. The highest BCUT2D eigenvalue weighted by Gasteiger charge is 2.25. The minimum atomic E-state index is -0.934. The Kier molecular flexibility index (Phi) is 9.43. The van der Waals surface area contributed by atoms with E-state index >= 15 is 0 Å². The first-order valence-electron chi connectivity index (χ1n) is 15.9. The van der Waals surface area contributed by atoms with Crippen LogP contribution in [0.5, 0.6) is 0 Å². The van der Waals surface area contributed by atoms with Gasteiger partial charge in [0.1, 0.15) is 5.69 Å². The highest BCUT2D eigenvalue weighted by atomic mass is 16.4. The van der Waals surface area contributed by atoms with E-state index in [-0.39, 0.29) is 36.2 Å². The molecule has 4 aromatic rings. The zero-order valence-electron chi connectivity index (χ0n) is 26.5. The quantitative estimate of drug-likeness (QED) is 0.172. The van der Waals surface area contributed by atoms with Gasteiger partial charge < -0.3 is 20.8 Å². The average molecular weight is 638 g/mol. The first-order valence-corrected chi connectivity index (χ1v) is 15.9. The highest BCUT2D eigenvalue weighted by molar-refractivity contribution is 6.05. The second-order valence-corrected chi connectivity index (χ2v) is 12.2. The minimum Gasteiger partial charge on any atom is -0.480 e. The number of anilines is 2. The summed E-state index contributed by atoms with van der Waals surface area (Å²) in [6, 6.07) is 16.6. The maximum Gasteiger partial charge on any atom is 0.317 e. The molecule has 12 nitrogen and oxygen atoms in total. The molecule has 0 radical (unpaired) electrons. The summed E-state index contributed by atoms with van der Waals surface area (Å²) < 4.78 is 1.77. The number of fused-ring (bicyclic) bond motifs is 1. The van der Waals surface area contributed by atoms with E-state index in [1.165, 1.54) is 0 Å². The molecule has 0 saturated carbocycles. The molecule has 12 heteroatoms. The molecule has 2 aliphatic heterocycles. The topological polar surface area (TPSA) is 162 Å². The number of carbonyl (C=O) groups is 3. The maximum absolute atomic E-state index is 13.3. The summed E-state index contributed by atoms with van der Waals surface area (Å²) in [4.78, 5) is 44.1. The number of aliphatic hydroxyl groups excluding tert-OH is 1. The summed E-state index contributed by atoms with van der Waals surface area (Å²) in [5.41, 5.74) is 7.23. The van der Waals surface area contributed by atoms with Crippen molar-refractivity contribution >= 4 is 29.2 Å². The highest BCUT2D eigenvalue weighted by Crippen LogP contribution is 2.34. The van der Waals surface area contributed by atoms with E-state index < -0.39 is 5.97 Å². The summed E-state index contributed by atoms with van der Waals surface area (Å²) in [7, 11) is 0. The van der Waals surface area contributed by atoms with Gasteiger partial charge in [0, 0.05) is 49.8 Å². The molecule has 0 bridgehead atoms. The molecule has 2 amide bonds. The zero-order chi connectivity index (χ0) is 33.1. The standard InChI is InChI=1S/C35H39N7O5/c1-21-25(6-3-8-27(21)38-34(46)30-12-11-23(17-36-30)19-41-15-13-24(43)20-41)26-7-4-9-28(22(26)2)39-35(47)31-16-32-29(37-18-33(44)45)10-5-14-42(32)40-31/h3-4,6-9,11-12,16-17,24,29,37,43H,5,10,13-15,18-20H2,1-2H3,(H,38,46)(H,39,47)(H,44,45)/t24-,29?/m1/s1. The van der Waals surface area contributed by atoms with Crippen LogP contribution in [-0.4, -0.2) is 73.4 Å². The van der Waals surface area contributed by atoms with Crippen LogP contribution in [0.3, 0.4) is 0 Å². The normalized spacial score (nSPS) is 17.7. The fourth-order valence-corrected chi connectivity index (χ4v) is 6.38. The van der Waals surface area contributed by atoms with Gasteiger partial charge >= 0.3 is 5.97 Å². The van der Waals surface area contributed by atoms with Gasteiger partial charge in [0.15, 0.2) is 5.69 Å². The van der Waals surface area contributed by atoms with Crippen LogP contribution in [0.1, 0.15) is 68.7 Å². The Morgan fingerprint density at radius 1 is 0.894 bits per heavy atom. The van der Waals surface area contributed by atoms with Gasteiger partial charge in [-0.1, -0.05) is 30.3 Å². The number of β-amino-alcohol motifs (C(OH)–C–C–N with tert-alkyl or cyclic N) is 1. The molecule has 2 atom stereocenters. The predicted molar refractivity (Wildman–Crippen MR) is 177 cm³/mol. The van der Waals surface area contributed by atoms with Crippen molar-refractivity contribution in [2.45, 2.75) is 58.3 Å². The van der Waals surface area contributed by atoms with Crippen molar-refractivity contribution < 1.29 is 24.6 Å². The molecular weight excluding hydrogens is 598 g/mol. The fraction of sp³-hybridized carbons (Fsp3) is 0.343. The second-order valence-electron chi connectivity index (χ2n) is 12.2. The number of nitrogens with zero attached hydrogens (tertiary/aromatic N) is 4. The van der Waals surface area contributed by atoms with Gasteiger partial charge in [-0.15, -0.1) is 0 Å². The maximum atomic E-state index is 13.3. The number of benzene rings is 2. The molecule has 5 N–H and O–H groups in total. The molecule has 244 valence electrons. The summed E-state index contributed by atoms with van der Waals surface area (Å²) >= 11 is 0. The smallest absolute Gasteiger partial charge is 0.317 e. The Hall–Kier alpha value is -4.91. The van der Waals surface area contributed by atoms with Crippen LogP contribution in [0.15, 0.2) is 60.8 Å². The summed E-state index contributed by atoms with van der Waals surface area (Å²) in [6.45, 7) is 6.56. The SMILES string of the molecule is Cc1c(NC(=O)c2ccc(CN3CC[C@@H](O)C3)cn2)cccc1-c1cccc(NC(=O)c2cc3n(n2)CCCC3NCC(=O)O)c1C. The zero-order valence-corrected chi connectivity index (χ0v) is 26.5. The largest absolute Gasteiger partial charge is 0.480 e. The van der Waals surface area contributed by atoms with Gasteiger partial charge in [-0.05, 0) is 85.2 Å². The summed E-state index contributed by atoms with van der Waals surface area (Å²) in [5, 5.41) is 32.4.